The number of rotatable bonds is 5. The van der Waals surface area contributed by atoms with Crippen LogP contribution >= 0.6 is 0 Å². The number of hydrogen-bond acceptors (Lipinski definition) is 6. The van der Waals surface area contributed by atoms with Gasteiger partial charge in [-0.3, -0.25) is 9.59 Å². The molecule has 172 valence electrons. The van der Waals surface area contributed by atoms with Crippen LogP contribution < -0.4 is 9.47 Å². The molecule has 0 bridgehead atoms. The molecular weight excluding hydrogens is 422 g/mol. The van der Waals surface area contributed by atoms with E-state index in [1.54, 1.807) is 39.8 Å². The van der Waals surface area contributed by atoms with Crippen LogP contribution in [-0.2, 0) is 0 Å². The van der Waals surface area contributed by atoms with E-state index in [1.165, 1.54) is 7.11 Å². The molecular formula is C24H27N5O4. The monoisotopic (exact) mass is 449 g/mol. The molecule has 2 aromatic carbocycles. The molecule has 0 aliphatic carbocycles. The first-order valence-electron chi connectivity index (χ1n) is 10.7. The zero-order valence-corrected chi connectivity index (χ0v) is 19.2. The molecule has 0 unspecified atom stereocenters. The summed E-state index contributed by atoms with van der Waals surface area (Å²) < 4.78 is 12.2. The number of aryl methyl sites for hydroxylation is 1. The standard InChI is InChI=1S/C24H27N5O4/c1-16-6-5-7-19(14-16)29-17(2)22(25-26-29)24(31)28-12-10-27(11-13-28)23(30)18-8-9-20(32-3)21(15-18)33-4/h5-9,14-15H,10-13H2,1-4H3. The number of nitrogens with zero attached hydrogens (tertiary/aromatic N) is 5. The van der Waals surface area contributed by atoms with Gasteiger partial charge >= 0.3 is 0 Å². The topological polar surface area (TPSA) is 89.8 Å². The fraction of sp³-hybridized carbons (Fsp3) is 0.333. The summed E-state index contributed by atoms with van der Waals surface area (Å²) in [5.74, 6) is 0.789. The Morgan fingerprint density at radius 3 is 2.15 bits per heavy atom. The zero-order chi connectivity index (χ0) is 23.5. The maximum Gasteiger partial charge on any atom is 0.276 e. The van der Waals surface area contributed by atoms with Crippen LogP contribution in [0.25, 0.3) is 5.69 Å². The van der Waals surface area contributed by atoms with Gasteiger partial charge in [-0.1, -0.05) is 17.3 Å². The van der Waals surface area contributed by atoms with E-state index in [0.717, 1.165) is 11.3 Å². The molecule has 1 aromatic heterocycles. The molecule has 9 nitrogen and oxygen atoms in total. The van der Waals surface area contributed by atoms with Crippen molar-refractivity contribution < 1.29 is 19.1 Å². The second-order valence-electron chi connectivity index (χ2n) is 7.93. The lowest BCUT2D eigenvalue weighted by Crippen LogP contribution is -2.50. The smallest absolute Gasteiger partial charge is 0.276 e. The molecule has 1 saturated heterocycles. The molecule has 0 spiro atoms. The lowest BCUT2D eigenvalue weighted by Gasteiger charge is -2.34. The number of methoxy groups -OCH3 is 2. The van der Waals surface area contributed by atoms with Gasteiger partial charge in [0.15, 0.2) is 17.2 Å². The third-order valence-corrected chi connectivity index (χ3v) is 5.83. The minimum absolute atomic E-state index is 0.107. The zero-order valence-electron chi connectivity index (χ0n) is 19.2. The minimum Gasteiger partial charge on any atom is -0.493 e. The summed E-state index contributed by atoms with van der Waals surface area (Å²) in [4.78, 5) is 29.5. The molecule has 0 radical (unpaired) electrons. The van der Waals surface area contributed by atoms with E-state index in [1.807, 2.05) is 38.1 Å². The summed E-state index contributed by atoms with van der Waals surface area (Å²) in [6.45, 7) is 5.56. The van der Waals surface area contributed by atoms with Crippen molar-refractivity contribution in [1.29, 1.82) is 0 Å². The van der Waals surface area contributed by atoms with E-state index in [4.69, 9.17) is 9.47 Å². The summed E-state index contributed by atoms with van der Waals surface area (Å²) in [5, 5.41) is 8.34. The summed E-state index contributed by atoms with van der Waals surface area (Å²) in [6, 6.07) is 13.0. The number of amides is 2. The number of piperazine rings is 1. The maximum absolute atomic E-state index is 13.1. The number of hydrogen-bond donors (Lipinski definition) is 0. The maximum atomic E-state index is 13.1. The highest BCUT2D eigenvalue weighted by molar-refractivity contribution is 5.96. The molecule has 9 heteroatoms. The van der Waals surface area contributed by atoms with Gasteiger partial charge in [0.2, 0.25) is 0 Å². The fourth-order valence-corrected chi connectivity index (χ4v) is 3.95. The van der Waals surface area contributed by atoms with E-state index >= 15 is 0 Å². The summed E-state index contributed by atoms with van der Waals surface area (Å²) in [5.41, 5.74) is 3.50. The van der Waals surface area contributed by atoms with Gasteiger partial charge in [0.25, 0.3) is 11.8 Å². The van der Waals surface area contributed by atoms with E-state index < -0.39 is 0 Å². The molecule has 2 heterocycles. The number of ether oxygens (including phenoxy) is 2. The van der Waals surface area contributed by atoms with Gasteiger partial charge in [0, 0.05) is 31.7 Å². The van der Waals surface area contributed by atoms with Crippen molar-refractivity contribution in [2.45, 2.75) is 13.8 Å². The Hall–Kier alpha value is -3.88. The molecule has 0 atom stereocenters. The Morgan fingerprint density at radius 1 is 0.848 bits per heavy atom. The summed E-state index contributed by atoms with van der Waals surface area (Å²) in [7, 11) is 3.09. The lowest BCUT2D eigenvalue weighted by atomic mass is 10.1. The molecule has 3 aromatic rings. The van der Waals surface area contributed by atoms with E-state index in [0.29, 0.717) is 54.6 Å². The van der Waals surface area contributed by atoms with E-state index in [2.05, 4.69) is 10.3 Å². The first-order chi connectivity index (χ1) is 15.9. The molecule has 1 aliphatic heterocycles. The second-order valence-corrected chi connectivity index (χ2v) is 7.93. The predicted octanol–water partition coefficient (Wildman–Crippen LogP) is 2.50. The summed E-state index contributed by atoms with van der Waals surface area (Å²) in [6.07, 6.45) is 0. The SMILES string of the molecule is COc1ccc(C(=O)N2CCN(C(=O)c3nnn(-c4cccc(C)c4)c3C)CC2)cc1OC. The highest BCUT2D eigenvalue weighted by atomic mass is 16.5. The minimum atomic E-state index is -0.176. The first-order valence-corrected chi connectivity index (χ1v) is 10.7. The van der Waals surface area contributed by atoms with Crippen LogP contribution in [0.3, 0.4) is 0 Å². The van der Waals surface area contributed by atoms with Crippen molar-refractivity contribution in [2.75, 3.05) is 40.4 Å². The van der Waals surface area contributed by atoms with Crippen molar-refractivity contribution in [3.05, 3.63) is 65.0 Å². The van der Waals surface area contributed by atoms with Crippen molar-refractivity contribution in [2.24, 2.45) is 0 Å². The van der Waals surface area contributed by atoms with Crippen molar-refractivity contribution in [3.63, 3.8) is 0 Å². The van der Waals surface area contributed by atoms with E-state index in [-0.39, 0.29) is 11.8 Å². The molecule has 2 amide bonds. The van der Waals surface area contributed by atoms with Crippen LogP contribution in [0.2, 0.25) is 0 Å². The van der Waals surface area contributed by atoms with Crippen LogP contribution in [0.4, 0.5) is 0 Å². The van der Waals surface area contributed by atoms with Crippen LogP contribution in [0.1, 0.15) is 32.1 Å². The van der Waals surface area contributed by atoms with Gasteiger partial charge in [-0.05, 0) is 49.7 Å². The van der Waals surface area contributed by atoms with Crippen LogP contribution in [0, 0.1) is 13.8 Å². The molecule has 1 fully saturated rings. The first kappa shape index (κ1) is 22.3. The number of carbonyl (C=O) groups excluding carboxylic acids is 2. The third kappa shape index (κ3) is 4.39. The second kappa shape index (κ2) is 9.32. The Bertz CT molecular complexity index is 1180. The highest BCUT2D eigenvalue weighted by Crippen LogP contribution is 2.28. The normalized spacial score (nSPS) is 13.7. The Kier molecular flexibility index (Phi) is 6.30. The number of carbonyl (C=O) groups is 2. The van der Waals surface area contributed by atoms with Gasteiger partial charge < -0.3 is 19.3 Å². The Morgan fingerprint density at radius 2 is 1.52 bits per heavy atom. The number of aromatic nitrogens is 3. The van der Waals surface area contributed by atoms with Gasteiger partial charge in [-0.2, -0.15) is 0 Å². The molecule has 33 heavy (non-hydrogen) atoms. The molecule has 1 aliphatic rings. The fourth-order valence-electron chi connectivity index (χ4n) is 3.95. The highest BCUT2D eigenvalue weighted by Gasteiger charge is 2.29. The van der Waals surface area contributed by atoms with Crippen molar-refractivity contribution in [3.8, 4) is 17.2 Å². The molecule has 0 N–H and O–H groups in total. The average molecular weight is 450 g/mol. The number of benzene rings is 2. The van der Waals surface area contributed by atoms with Gasteiger partial charge in [0.05, 0.1) is 25.6 Å². The van der Waals surface area contributed by atoms with Crippen molar-refractivity contribution >= 4 is 11.8 Å². The largest absolute Gasteiger partial charge is 0.493 e. The Balaban J connectivity index is 1.43. The van der Waals surface area contributed by atoms with Crippen LogP contribution in [0.15, 0.2) is 42.5 Å². The Labute approximate surface area is 192 Å². The predicted molar refractivity (Wildman–Crippen MR) is 122 cm³/mol. The average Bonchev–Trinajstić information content (AvgIpc) is 3.24. The molecule has 4 rings (SSSR count). The lowest BCUT2D eigenvalue weighted by molar-refractivity contribution is 0.0531. The quantitative estimate of drug-likeness (QED) is 0.595. The van der Waals surface area contributed by atoms with Crippen LogP contribution in [-0.4, -0.2) is 77.0 Å². The third-order valence-electron chi connectivity index (χ3n) is 5.83. The van der Waals surface area contributed by atoms with Gasteiger partial charge in [-0.25, -0.2) is 4.68 Å². The van der Waals surface area contributed by atoms with E-state index in [9.17, 15) is 9.59 Å². The van der Waals surface area contributed by atoms with Crippen molar-refractivity contribution in [1.82, 2.24) is 24.8 Å². The van der Waals surface area contributed by atoms with Gasteiger partial charge in [0.1, 0.15) is 0 Å². The summed E-state index contributed by atoms with van der Waals surface area (Å²) >= 11 is 0. The van der Waals surface area contributed by atoms with Crippen LogP contribution in [0.5, 0.6) is 11.5 Å². The van der Waals surface area contributed by atoms with Gasteiger partial charge in [-0.15, -0.1) is 5.10 Å². The molecule has 0 saturated carbocycles.